The molecule has 0 aromatic carbocycles. The number of aryl methyl sites for hydroxylation is 1. The first-order chi connectivity index (χ1) is 9.24. The summed E-state index contributed by atoms with van der Waals surface area (Å²) in [5.74, 6) is 0. The Morgan fingerprint density at radius 1 is 1.16 bits per heavy atom. The normalized spacial score (nSPS) is 10.6. The summed E-state index contributed by atoms with van der Waals surface area (Å²) >= 11 is 3.39. The first-order valence-corrected chi connectivity index (χ1v) is 7.67. The second-order valence-electron chi connectivity index (χ2n) is 4.24. The minimum absolute atomic E-state index is 0.895. The average molecular weight is 287 g/mol. The Bertz CT molecular complexity index is 686. The summed E-state index contributed by atoms with van der Waals surface area (Å²) in [5, 5.41) is 8.43. The Labute approximate surface area is 120 Å². The predicted octanol–water partition coefficient (Wildman–Crippen LogP) is 4.63. The van der Waals surface area contributed by atoms with E-state index in [1.807, 2.05) is 12.1 Å². The highest BCUT2D eigenvalue weighted by Gasteiger charge is 2.10. The molecule has 0 saturated heterocycles. The van der Waals surface area contributed by atoms with Crippen molar-refractivity contribution in [3.63, 3.8) is 0 Å². The molecule has 0 atom stereocenters. The summed E-state index contributed by atoms with van der Waals surface area (Å²) in [4.78, 5) is 10.1. The maximum absolute atomic E-state index is 4.64. The molecule has 96 valence electrons. The summed E-state index contributed by atoms with van der Waals surface area (Å²) in [6, 6.07) is 3.89. The van der Waals surface area contributed by atoms with Crippen molar-refractivity contribution >= 4 is 33.5 Å². The van der Waals surface area contributed by atoms with E-state index < -0.39 is 0 Å². The van der Waals surface area contributed by atoms with Gasteiger partial charge in [-0.3, -0.25) is 4.98 Å². The third kappa shape index (κ3) is 2.52. The third-order valence-electron chi connectivity index (χ3n) is 2.98. The molecule has 3 heterocycles. The van der Waals surface area contributed by atoms with E-state index in [1.54, 1.807) is 35.1 Å². The van der Waals surface area contributed by atoms with Crippen molar-refractivity contribution in [2.75, 3.05) is 5.32 Å². The fourth-order valence-corrected chi connectivity index (χ4v) is 3.39. The minimum atomic E-state index is 0.895. The van der Waals surface area contributed by atoms with Gasteiger partial charge in [0.05, 0.1) is 17.6 Å². The molecule has 0 amide bonds. The van der Waals surface area contributed by atoms with Gasteiger partial charge in [-0.25, -0.2) is 4.98 Å². The molecule has 0 aliphatic heterocycles. The van der Waals surface area contributed by atoms with E-state index in [9.17, 15) is 0 Å². The van der Waals surface area contributed by atoms with Crippen LogP contribution in [-0.4, -0.2) is 9.97 Å². The van der Waals surface area contributed by atoms with Crippen LogP contribution in [0.25, 0.3) is 11.3 Å². The first-order valence-electron chi connectivity index (χ1n) is 5.91. The lowest BCUT2D eigenvalue weighted by Gasteiger charge is -2.00. The molecule has 3 aromatic rings. The molecular weight excluding hydrogens is 274 g/mol. The molecule has 0 saturated carbocycles. The summed E-state index contributed by atoms with van der Waals surface area (Å²) < 4.78 is 0. The highest BCUT2D eigenvalue weighted by atomic mass is 32.1. The van der Waals surface area contributed by atoms with Gasteiger partial charge in [0.15, 0.2) is 5.13 Å². The van der Waals surface area contributed by atoms with Gasteiger partial charge in [0.25, 0.3) is 0 Å². The lowest BCUT2D eigenvalue weighted by Crippen LogP contribution is -1.89. The Balaban J connectivity index is 1.86. The molecule has 0 bridgehead atoms. The second-order valence-corrected chi connectivity index (χ2v) is 6.18. The summed E-state index contributed by atoms with van der Waals surface area (Å²) in [5.41, 5.74) is 4.56. The van der Waals surface area contributed by atoms with E-state index in [0.29, 0.717) is 0 Å². The van der Waals surface area contributed by atoms with Crippen molar-refractivity contribution in [2.45, 2.75) is 13.8 Å². The number of nitrogens with zero attached hydrogens (tertiary/aromatic N) is 2. The Morgan fingerprint density at radius 3 is 2.74 bits per heavy atom. The molecule has 0 unspecified atom stereocenters. The standard InChI is InChI=1S/C14H13N3S2/c1-9-10(2)18-7-12(9)13-8-19-14(17-13)16-11-4-3-5-15-6-11/h3-8H,1-2H3,(H,16,17). The number of hydrogen-bond donors (Lipinski definition) is 1. The number of thiophene rings is 1. The van der Waals surface area contributed by atoms with Gasteiger partial charge in [0.2, 0.25) is 0 Å². The number of rotatable bonds is 3. The molecule has 0 spiro atoms. The number of anilines is 2. The van der Waals surface area contributed by atoms with Crippen molar-refractivity contribution in [2.24, 2.45) is 0 Å². The smallest absolute Gasteiger partial charge is 0.187 e. The maximum Gasteiger partial charge on any atom is 0.187 e. The minimum Gasteiger partial charge on any atom is -0.330 e. The average Bonchev–Trinajstić information content (AvgIpc) is 3.00. The number of nitrogens with one attached hydrogen (secondary N) is 1. The fourth-order valence-electron chi connectivity index (χ4n) is 1.78. The van der Waals surface area contributed by atoms with Crippen LogP contribution in [0, 0.1) is 13.8 Å². The highest BCUT2D eigenvalue weighted by Crippen LogP contribution is 2.33. The van der Waals surface area contributed by atoms with Crippen molar-refractivity contribution in [3.05, 3.63) is 45.7 Å². The Morgan fingerprint density at radius 2 is 2.05 bits per heavy atom. The van der Waals surface area contributed by atoms with Crippen LogP contribution in [0.4, 0.5) is 10.8 Å². The first kappa shape index (κ1) is 12.3. The van der Waals surface area contributed by atoms with Gasteiger partial charge < -0.3 is 5.32 Å². The topological polar surface area (TPSA) is 37.8 Å². The van der Waals surface area contributed by atoms with Crippen LogP contribution in [0.15, 0.2) is 35.3 Å². The van der Waals surface area contributed by atoms with Crippen molar-refractivity contribution in [3.8, 4) is 11.3 Å². The van der Waals surface area contributed by atoms with E-state index >= 15 is 0 Å². The van der Waals surface area contributed by atoms with Crippen LogP contribution >= 0.6 is 22.7 Å². The van der Waals surface area contributed by atoms with E-state index in [-0.39, 0.29) is 0 Å². The Hall–Kier alpha value is -1.72. The molecular formula is C14H13N3S2. The van der Waals surface area contributed by atoms with E-state index in [2.05, 4.69) is 39.9 Å². The van der Waals surface area contributed by atoms with Gasteiger partial charge in [-0.15, -0.1) is 22.7 Å². The van der Waals surface area contributed by atoms with Crippen LogP contribution < -0.4 is 5.32 Å². The van der Waals surface area contributed by atoms with E-state index in [0.717, 1.165) is 16.5 Å². The Kier molecular flexibility index (Phi) is 3.31. The SMILES string of the molecule is Cc1scc(-c2csc(Nc3cccnc3)n2)c1C. The van der Waals surface area contributed by atoms with Crippen LogP contribution in [0.3, 0.4) is 0 Å². The van der Waals surface area contributed by atoms with Crippen LogP contribution in [-0.2, 0) is 0 Å². The molecule has 3 aromatic heterocycles. The van der Waals surface area contributed by atoms with Crippen molar-refractivity contribution < 1.29 is 0 Å². The molecule has 3 nitrogen and oxygen atoms in total. The summed E-state index contributed by atoms with van der Waals surface area (Å²) in [6.07, 6.45) is 3.55. The largest absolute Gasteiger partial charge is 0.330 e. The zero-order chi connectivity index (χ0) is 13.2. The third-order valence-corrected chi connectivity index (χ3v) is 4.75. The fraction of sp³-hybridized carbons (Fsp3) is 0.143. The van der Waals surface area contributed by atoms with Gasteiger partial charge in [-0.1, -0.05) is 0 Å². The van der Waals surface area contributed by atoms with Gasteiger partial charge in [-0.05, 0) is 31.5 Å². The van der Waals surface area contributed by atoms with Crippen molar-refractivity contribution in [1.29, 1.82) is 0 Å². The molecule has 5 heteroatoms. The van der Waals surface area contributed by atoms with E-state index in [1.165, 1.54) is 16.0 Å². The predicted molar refractivity (Wildman–Crippen MR) is 82.4 cm³/mol. The lowest BCUT2D eigenvalue weighted by atomic mass is 10.1. The van der Waals surface area contributed by atoms with Crippen LogP contribution in [0.2, 0.25) is 0 Å². The highest BCUT2D eigenvalue weighted by molar-refractivity contribution is 7.14. The maximum atomic E-state index is 4.64. The zero-order valence-electron chi connectivity index (χ0n) is 10.7. The zero-order valence-corrected chi connectivity index (χ0v) is 12.3. The molecule has 0 radical (unpaired) electrons. The van der Waals surface area contributed by atoms with Gasteiger partial charge >= 0.3 is 0 Å². The molecule has 0 fully saturated rings. The molecule has 0 aliphatic rings. The molecule has 0 aliphatic carbocycles. The second kappa shape index (κ2) is 5.11. The molecule has 19 heavy (non-hydrogen) atoms. The van der Waals surface area contributed by atoms with Gasteiger partial charge in [0, 0.05) is 27.4 Å². The quantitative estimate of drug-likeness (QED) is 0.763. The van der Waals surface area contributed by atoms with E-state index in [4.69, 9.17) is 0 Å². The number of pyridine rings is 1. The summed E-state index contributed by atoms with van der Waals surface area (Å²) in [7, 11) is 0. The lowest BCUT2D eigenvalue weighted by molar-refractivity contribution is 1.31. The number of hydrogen-bond acceptors (Lipinski definition) is 5. The van der Waals surface area contributed by atoms with Crippen molar-refractivity contribution in [1.82, 2.24) is 9.97 Å². The number of thiazole rings is 1. The van der Waals surface area contributed by atoms with Gasteiger partial charge in [0.1, 0.15) is 0 Å². The molecule has 1 N–H and O–H groups in total. The summed E-state index contributed by atoms with van der Waals surface area (Å²) in [6.45, 7) is 4.29. The van der Waals surface area contributed by atoms with Crippen LogP contribution in [0.1, 0.15) is 10.4 Å². The molecule has 3 rings (SSSR count). The van der Waals surface area contributed by atoms with Crippen LogP contribution in [0.5, 0.6) is 0 Å². The van der Waals surface area contributed by atoms with Gasteiger partial charge in [-0.2, -0.15) is 0 Å². The number of aromatic nitrogens is 2. The monoisotopic (exact) mass is 287 g/mol.